The summed E-state index contributed by atoms with van der Waals surface area (Å²) < 4.78 is 0. The molecule has 2 unspecified atom stereocenters. The summed E-state index contributed by atoms with van der Waals surface area (Å²) in [7, 11) is 0. The lowest BCUT2D eigenvalue weighted by atomic mass is 9.90. The first-order valence-electron chi connectivity index (χ1n) is 8.90. The fourth-order valence-corrected chi connectivity index (χ4v) is 3.15. The Balaban J connectivity index is 0.000000829. The molecule has 1 saturated heterocycles. The van der Waals surface area contributed by atoms with Gasteiger partial charge in [-0.3, -0.25) is 9.80 Å². The van der Waals surface area contributed by atoms with Crippen LogP contribution in [-0.2, 0) is 0 Å². The Kier molecular flexibility index (Phi) is 11.5. The van der Waals surface area contributed by atoms with Gasteiger partial charge in [-0.05, 0) is 33.1 Å². The summed E-state index contributed by atoms with van der Waals surface area (Å²) in [5.74, 6) is 0. The van der Waals surface area contributed by atoms with Crippen molar-refractivity contribution in [3.8, 4) is 0 Å². The molecule has 0 bridgehead atoms. The molecule has 122 valence electrons. The van der Waals surface area contributed by atoms with Crippen LogP contribution in [0.4, 0.5) is 0 Å². The predicted molar refractivity (Wildman–Crippen MR) is 91.2 cm³/mol. The van der Waals surface area contributed by atoms with E-state index in [-0.39, 0.29) is 0 Å². The average molecular weight is 286 g/mol. The third kappa shape index (κ3) is 6.55. The molecule has 1 saturated carbocycles. The first-order valence-corrected chi connectivity index (χ1v) is 8.90. The van der Waals surface area contributed by atoms with Crippen molar-refractivity contribution in [2.24, 2.45) is 5.73 Å². The lowest BCUT2D eigenvalue weighted by Crippen LogP contribution is -2.53. The maximum atomic E-state index is 6.07. The molecule has 1 aliphatic heterocycles. The van der Waals surface area contributed by atoms with E-state index in [9.17, 15) is 0 Å². The average Bonchev–Trinajstić information content (AvgIpc) is 2.51. The van der Waals surface area contributed by atoms with Crippen LogP contribution in [0.2, 0.25) is 0 Å². The van der Waals surface area contributed by atoms with Crippen molar-refractivity contribution in [2.75, 3.05) is 26.2 Å². The first kappa shape index (κ1) is 19.9. The van der Waals surface area contributed by atoms with Crippen LogP contribution in [-0.4, -0.2) is 54.1 Å². The zero-order valence-corrected chi connectivity index (χ0v) is 14.9. The smallest absolute Gasteiger partial charge is 0.0113 e. The third-order valence-electron chi connectivity index (χ3n) is 4.28. The van der Waals surface area contributed by atoms with Gasteiger partial charge in [0.15, 0.2) is 0 Å². The van der Waals surface area contributed by atoms with Gasteiger partial charge >= 0.3 is 0 Å². The lowest BCUT2D eigenvalue weighted by molar-refractivity contribution is 0.0613. The van der Waals surface area contributed by atoms with Crippen LogP contribution in [0.1, 0.15) is 67.2 Å². The summed E-state index contributed by atoms with van der Waals surface area (Å²) in [6, 6.07) is 1.94. The Labute approximate surface area is 127 Å². The SMILES string of the molecule is CC.CC.CC(C)N1CCN(C2CCCC(N)C2)CC1. The molecule has 0 aromatic rings. The van der Waals surface area contributed by atoms with Gasteiger partial charge in [0.2, 0.25) is 0 Å². The minimum absolute atomic E-state index is 0.460. The number of piperazine rings is 1. The van der Waals surface area contributed by atoms with E-state index in [0.29, 0.717) is 12.1 Å². The molecule has 1 aliphatic carbocycles. The molecule has 20 heavy (non-hydrogen) atoms. The summed E-state index contributed by atoms with van der Waals surface area (Å²) >= 11 is 0. The number of rotatable bonds is 2. The minimum atomic E-state index is 0.460. The number of nitrogens with zero attached hydrogens (tertiary/aromatic N) is 2. The monoisotopic (exact) mass is 285 g/mol. The maximum Gasteiger partial charge on any atom is 0.0113 e. The van der Waals surface area contributed by atoms with Gasteiger partial charge in [-0.2, -0.15) is 0 Å². The largest absolute Gasteiger partial charge is 0.328 e. The summed E-state index contributed by atoms with van der Waals surface area (Å²) in [4.78, 5) is 5.26. The second kappa shape index (κ2) is 11.5. The van der Waals surface area contributed by atoms with Crippen molar-refractivity contribution in [3.63, 3.8) is 0 Å². The highest BCUT2D eigenvalue weighted by molar-refractivity contribution is 4.85. The summed E-state index contributed by atoms with van der Waals surface area (Å²) in [5, 5.41) is 0. The second-order valence-corrected chi connectivity index (χ2v) is 5.75. The highest BCUT2D eigenvalue weighted by atomic mass is 15.3. The first-order chi connectivity index (χ1) is 9.66. The van der Waals surface area contributed by atoms with Crippen molar-refractivity contribution >= 4 is 0 Å². The van der Waals surface area contributed by atoms with E-state index < -0.39 is 0 Å². The van der Waals surface area contributed by atoms with Gasteiger partial charge in [0.05, 0.1) is 0 Å². The molecular weight excluding hydrogens is 246 g/mol. The maximum absolute atomic E-state index is 6.07. The standard InChI is InChI=1S/C13H27N3.2C2H6/c1-11(2)15-6-8-16(9-7-15)13-5-3-4-12(14)10-13;2*1-2/h11-13H,3-10,14H2,1-2H3;2*1-2H3. The molecule has 0 aromatic carbocycles. The van der Waals surface area contributed by atoms with Crippen molar-refractivity contribution in [1.29, 1.82) is 0 Å². The van der Waals surface area contributed by atoms with Crippen LogP contribution in [0, 0.1) is 0 Å². The van der Waals surface area contributed by atoms with E-state index in [1.165, 1.54) is 51.9 Å². The Hall–Kier alpha value is -0.120. The zero-order valence-electron chi connectivity index (χ0n) is 14.9. The number of hydrogen-bond acceptors (Lipinski definition) is 3. The molecule has 0 amide bonds. The molecular formula is C17H39N3. The van der Waals surface area contributed by atoms with Crippen LogP contribution in [0.5, 0.6) is 0 Å². The zero-order chi connectivity index (χ0) is 15.5. The van der Waals surface area contributed by atoms with Crippen molar-refractivity contribution in [1.82, 2.24) is 9.80 Å². The highest BCUT2D eigenvalue weighted by Crippen LogP contribution is 2.23. The van der Waals surface area contributed by atoms with Gasteiger partial charge < -0.3 is 5.73 Å². The number of nitrogens with two attached hydrogens (primary N) is 1. The highest BCUT2D eigenvalue weighted by Gasteiger charge is 2.28. The number of hydrogen-bond donors (Lipinski definition) is 1. The Morgan fingerprint density at radius 2 is 1.45 bits per heavy atom. The molecule has 2 atom stereocenters. The van der Waals surface area contributed by atoms with E-state index in [1.54, 1.807) is 0 Å². The quantitative estimate of drug-likeness (QED) is 0.844. The van der Waals surface area contributed by atoms with Gasteiger partial charge in [-0.15, -0.1) is 0 Å². The Bertz CT molecular complexity index is 210. The van der Waals surface area contributed by atoms with Crippen molar-refractivity contribution < 1.29 is 0 Å². The lowest BCUT2D eigenvalue weighted by Gasteiger charge is -2.43. The molecule has 1 heterocycles. The van der Waals surface area contributed by atoms with Crippen molar-refractivity contribution in [3.05, 3.63) is 0 Å². The van der Waals surface area contributed by atoms with Crippen LogP contribution >= 0.6 is 0 Å². The molecule has 2 N–H and O–H groups in total. The van der Waals surface area contributed by atoms with E-state index in [2.05, 4.69) is 23.6 Å². The second-order valence-electron chi connectivity index (χ2n) is 5.75. The molecule has 3 nitrogen and oxygen atoms in total. The minimum Gasteiger partial charge on any atom is -0.328 e. The molecule has 0 aromatic heterocycles. The predicted octanol–water partition coefficient (Wildman–Crippen LogP) is 3.33. The fraction of sp³-hybridized carbons (Fsp3) is 1.00. The van der Waals surface area contributed by atoms with Gasteiger partial charge in [0.25, 0.3) is 0 Å². The fourth-order valence-electron chi connectivity index (χ4n) is 3.15. The summed E-state index contributed by atoms with van der Waals surface area (Å²) in [6.45, 7) is 17.6. The van der Waals surface area contributed by atoms with E-state index in [1.807, 2.05) is 27.7 Å². The van der Waals surface area contributed by atoms with Crippen molar-refractivity contribution in [2.45, 2.75) is 85.4 Å². The molecule has 3 heteroatoms. The third-order valence-corrected chi connectivity index (χ3v) is 4.28. The van der Waals surface area contributed by atoms with Gasteiger partial charge in [0, 0.05) is 44.3 Å². The van der Waals surface area contributed by atoms with Crippen LogP contribution in [0.3, 0.4) is 0 Å². The van der Waals surface area contributed by atoms with Crippen LogP contribution < -0.4 is 5.73 Å². The van der Waals surface area contributed by atoms with E-state index in [4.69, 9.17) is 5.73 Å². The van der Waals surface area contributed by atoms with Gasteiger partial charge in [0.1, 0.15) is 0 Å². The van der Waals surface area contributed by atoms with E-state index >= 15 is 0 Å². The Morgan fingerprint density at radius 1 is 0.900 bits per heavy atom. The van der Waals surface area contributed by atoms with Gasteiger partial charge in [-0.1, -0.05) is 34.1 Å². The van der Waals surface area contributed by atoms with Gasteiger partial charge in [-0.25, -0.2) is 0 Å². The molecule has 2 fully saturated rings. The normalized spacial score (nSPS) is 28.2. The molecule has 0 spiro atoms. The topological polar surface area (TPSA) is 32.5 Å². The van der Waals surface area contributed by atoms with Crippen LogP contribution in [0.25, 0.3) is 0 Å². The van der Waals surface area contributed by atoms with E-state index in [0.717, 1.165) is 6.04 Å². The van der Waals surface area contributed by atoms with Crippen LogP contribution in [0.15, 0.2) is 0 Å². The summed E-state index contributed by atoms with van der Waals surface area (Å²) in [5.41, 5.74) is 6.07. The summed E-state index contributed by atoms with van der Waals surface area (Å²) in [6.07, 6.45) is 5.16. The molecule has 0 radical (unpaired) electrons. The molecule has 2 aliphatic rings. The molecule has 2 rings (SSSR count). The Morgan fingerprint density at radius 3 is 1.90 bits per heavy atom.